The number of thioether (sulfide) groups is 1. The van der Waals surface area contributed by atoms with Crippen molar-refractivity contribution in [3.63, 3.8) is 0 Å². The quantitative estimate of drug-likeness (QED) is 0.293. The van der Waals surface area contributed by atoms with Crippen molar-refractivity contribution in [2.45, 2.75) is 46.6 Å². The highest BCUT2D eigenvalue weighted by Crippen LogP contribution is 2.38. The molecule has 0 bridgehead atoms. The van der Waals surface area contributed by atoms with E-state index in [1.807, 2.05) is 56.3 Å². The molecule has 182 valence electrons. The molecule has 3 aromatic rings. The van der Waals surface area contributed by atoms with E-state index in [1.165, 1.54) is 11.8 Å². The summed E-state index contributed by atoms with van der Waals surface area (Å²) in [6, 6.07) is 13.4. The van der Waals surface area contributed by atoms with Gasteiger partial charge in [0.2, 0.25) is 0 Å². The van der Waals surface area contributed by atoms with Crippen LogP contribution >= 0.6 is 24.0 Å². The van der Waals surface area contributed by atoms with Gasteiger partial charge in [0.05, 0.1) is 16.5 Å². The average Bonchev–Trinajstić information content (AvgIpc) is 3.13. The van der Waals surface area contributed by atoms with Crippen LogP contribution < -0.4 is 10.5 Å². The second kappa shape index (κ2) is 10.7. The number of thiocarbonyl (C=S) groups is 1. The summed E-state index contributed by atoms with van der Waals surface area (Å²) in [6.07, 6.45) is 5.26. The van der Waals surface area contributed by atoms with Crippen LogP contribution in [0.3, 0.4) is 0 Å². The van der Waals surface area contributed by atoms with Crippen molar-refractivity contribution in [1.82, 2.24) is 14.3 Å². The van der Waals surface area contributed by atoms with E-state index in [0.717, 1.165) is 37.1 Å². The molecule has 1 aromatic carbocycles. The lowest BCUT2D eigenvalue weighted by Gasteiger charge is -2.25. The third-order valence-electron chi connectivity index (χ3n) is 6.12. The summed E-state index contributed by atoms with van der Waals surface area (Å²) in [4.78, 5) is 36.4. The number of anilines is 1. The monoisotopic (exact) mass is 506 g/mol. The van der Waals surface area contributed by atoms with Crippen LogP contribution in [-0.2, 0) is 4.79 Å². The van der Waals surface area contributed by atoms with E-state index >= 15 is 0 Å². The SMILES string of the molecule is CCCN(CCC)c1nc2c(C)cccn2c(=O)c1/C=C1/SC(=S)N(C(C)c2ccccc2)C1=O. The van der Waals surface area contributed by atoms with Gasteiger partial charge in [-0.25, -0.2) is 4.98 Å². The minimum atomic E-state index is -0.204. The first-order valence-corrected chi connectivity index (χ1v) is 13.2. The number of amides is 1. The third-order valence-corrected chi connectivity index (χ3v) is 7.45. The van der Waals surface area contributed by atoms with Gasteiger partial charge in [0.1, 0.15) is 15.8 Å². The molecule has 0 aliphatic carbocycles. The Morgan fingerprint density at radius 3 is 2.43 bits per heavy atom. The van der Waals surface area contributed by atoms with Gasteiger partial charge in [-0.05, 0) is 50.0 Å². The molecule has 0 spiro atoms. The second-order valence-corrected chi connectivity index (χ2v) is 10.3. The average molecular weight is 507 g/mol. The minimum absolute atomic E-state index is 0.187. The Hall–Kier alpha value is -2.97. The van der Waals surface area contributed by atoms with Crippen LogP contribution in [-0.4, -0.2) is 37.6 Å². The number of pyridine rings is 1. The second-order valence-electron chi connectivity index (χ2n) is 8.66. The number of hydrogen-bond acceptors (Lipinski definition) is 6. The van der Waals surface area contributed by atoms with Gasteiger partial charge in [0, 0.05) is 19.3 Å². The van der Waals surface area contributed by atoms with Crippen LogP contribution in [0.2, 0.25) is 0 Å². The molecule has 3 heterocycles. The van der Waals surface area contributed by atoms with Gasteiger partial charge in [0.25, 0.3) is 11.5 Å². The highest BCUT2D eigenvalue weighted by molar-refractivity contribution is 8.26. The highest BCUT2D eigenvalue weighted by atomic mass is 32.2. The van der Waals surface area contributed by atoms with Gasteiger partial charge in [-0.15, -0.1) is 0 Å². The van der Waals surface area contributed by atoms with Gasteiger partial charge < -0.3 is 4.90 Å². The molecule has 1 aliphatic heterocycles. The third kappa shape index (κ3) is 4.90. The predicted octanol–water partition coefficient (Wildman–Crippen LogP) is 5.59. The topological polar surface area (TPSA) is 57.9 Å². The number of nitrogens with zero attached hydrogens (tertiary/aromatic N) is 4. The summed E-state index contributed by atoms with van der Waals surface area (Å²) in [5.41, 5.74) is 2.79. The summed E-state index contributed by atoms with van der Waals surface area (Å²) >= 11 is 6.84. The zero-order valence-electron chi connectivity index (χ0n) is 20.5. The number of carbonyl (C=O) groups is 1. The molecule has 1 saturated heterocycles. The fourth-order valence-corrected chi connectivity index (χ4v) is 5.76. The summed E-state index contributed by atoms with van der Waals surface area (Å²) in [7, 11) is 0. The van der Waals surface area contributed by atoms with Crippen molar-refractivity contribution in [3.05, 3.63) is 80.6 Å². The van der Waals surface area contributed by atoms with Crippen LogP contribution in [0.25, 0.3) is 11.7 Å². The molecule has 8 heteroatoms. The van der Waals surface area contributed by atoms with Gasteiger partial charge in [-0.1, -0.05) is 74.2 Å². The van der Waals surface area contributed by atoms with Crippen LogP contribution in [0.4, 0.5) is 5.82 Å². The molecule has 1 fully saturated rings. The van der Waals surface area contributed by atoms with Crippen LogP contribution in [0.5, 0.6) is 0 Å². The van der Waals surface area contributed by atoms with Crippen molar-refractivity contribution >= 4 is 51.7 Å². The first kappa shape index (κ1) is 25.1. The lowest BCUT2D eigenvalue weighted by molar-refractivity contribution is -0.123. The summed E-state index contributed by atoms with van der Waals surface area (Å²) < 4.78 is 2.05. The van der Waals surface area contributed by atoms with E-state index in [9.17, 15) is 9.59 Å². The summed E-state index contributed by atoms with van der Waals surface area (Å²) in [6.45, 7) is 9.68. The van der Waals surface area contributed by atoms with Crippen molar-refractivity contribution < 1.29 is 4.79 Å². The molecule has 1 atom stereocenters. The smallest absolute Gasteiger partial charge is 0.267 e. The number of fused-ring (bicyclic) bond motifs is 1. The van der Waals surface area contributed by atoms with E-state index in [-0.39, 0.29) is 17.5 Å². The van der Waals surface area contributed by atoms with Crippen molar-refractivity contribution in [1.29, 1.82) is 0 Å². The van der Waals surface area contributed by atoms with Crippen LogP contribution in [0, 0.1) is 6.92 Å². The normalized spacial score (nSPS) is 15.9. The molecule has 0 N–H and O–H groups in total. The van der Waals surface area contributed by atoms with E-state index < -0.39 is 0 Å². The molecule has 1 aliphatic rings. The Bertz CT molecular complexity index is 1340. The lowest BCUT2D eigenvalue weighted by Crippen LogP contribution is -2.32. The van der Waals surface area contributed by atoms with E-state index in [4.69, 9.17) is 17.2 Å². The Morgan fingerprint density at radius 1 is 1.09 bits per heavy atom. The van der Waals surface area contributed by atoms with Gasteiger partial charge in [-0.3, -0.25) is 18.9 Å². The Labute approximate surface area is 215 Å². The molecule has 1 amide bonds. The van der Waals surface area contributed by atoms with Crippen molar-refractivity contribution in [2.75, 3.05) is 18.0 Å². The fourth-order valence-electron chi connectivity index (χ4n) is 4.36. The molecule has 4 rings (SSSR count). The van der Waals surface area contributed by atoms with Gasteiger partial charge in [-0.2, -0.15) is 0 Å². The standard InChI is InChI=1S/C27H30N4O2S2/c1-5-14-29(15-6-2)24-21(25(32)30-16-10-11-18(3)23(30)28-24)17-22-26(33)31(27(34)35-22)19(4)20-12-8-7-9-13-20/h7-13,16-17,19H,5-6,14-15H2,1-4H3/b22-17+. The van der Waals surface area contributed by atoms with E-state index in [2.05, 4.69) is 18.7 Å². The highest BCUT2D eigenvalue weighted by Gasteiger charge is 2.36. The Balaban J connectivity index is 1.84. The fraction of sp³-hybridized carbons (Fsp3) is 0.333. The molecular weight excluding hydrogens is 476 g/mol. The number of rotatable bonds is 8. The van der Waals surface area contributed by atoms with Crippen LogP contribution in [0.1, 0.15) is 56.3 Å². The first-order valence-electron chi connectivity index (χ1n) is 12.0. The number of aryl methyl sites for hydroxylation is 1. The van der Waals surface area contributed by atoms with E-state index in [0.29, 0.717) is 26.3 Å². The number of carbonyl (C=O) groups excluding carboxylic acids is 1. The zero-order chi connectivity index (χ0) is 25.1. The molecule has 0 saturated carbocycles. The maximum atomic E-state index is 13.7. The summed E-state index contributed by atoms with van der Waals surface area (Å²) in [5, 5.41) is 0. The van der Waals surface area contributed by atoms with E-state index in [1.54, 1.807) is 21.6 Å². The molecular formula is C27H30N4O2S2. The lowest BCUT2D eigenvalue weighted by atomic mass is 10.1. The largest absolute Gasteiger partial charge is 0.356 e. The number of hydrogen-bond donors (Lipinski definition) is 0. The zero-order valence-corrected chi connectivity index (χ0v) is 22.2. The molecule has 1 unspecified atom stereocenters. The molecule has 0 radical (unpaired) electrons. The van der Waals surface area contributed by atoms with Crippen molar-refractivity contribution in [2.24, 2.45) is 0 Å². The maximum Gasteiger partial charge on any atom is 0.267 e. The summed E-state index contributed by atoms with van der Waals surface area (Å²) in [5.74, 6) is 0.433. The number of aromatic nitrogens is 2. The van der Waals surface area contributed by atoms with Crippen molar-refractivity contribution in [3.8, 4) is 0 Å². The molecule has 35 heavy (non-hydrogen) atoms. The molecule has 2 aromatic heterocycles. The Morgan fingerprint density at radius 2 is 1.77 bits per heavy atom. The predicted molar refractivity (Wildman–Crippen MR) is 149 cm³/mol. The Kier molecular flexibility index (Phi) is 7.72. The van der Waals surface area contributed by atoms with Crippen LogP contribution in [0.15, 0.2) is 58.4 Å². The first-order chi connectivity index (χ1) is 16.9. The molecule has 6 nitrogen and oxygen atoms in total. The van der Waals surface area contributed by atoms with Gasteiger partial charge in [0.15, 0.2) is 0 Å². The maximum absolute atomic E-state index is 13.7. The number of benzene rings is 1. The minimum Gasteiger partial charge on any atom is -0.356 e. The van der Waals surface area contributed by atoms with Gasteiger partial charge >= 0.3 is 0 Å².